The van der Waals surface area contributed by atoms with E-state index in [1.54, 1.807) is 29.6 Å². The van der Waals surface area contributed by atoms with Gasteiger partial charge in [0.15, 0.2) is 0 Å². The number of carbonyl (C=O) groups excluding carboxylic acids is 1. The fourth-order valence-corrected chi connectivity index (χ4v) is 4.36. The van der Waals surface area contributed by atoms with E-state index in [1.165, 1.54) is 17.5 Å². The molecule has 15 heteroatoms. The van der Waals surface area contributed by atoms with Crippen LogP contribution in [0.3, 0.4) is 0 Å². The van der Waals surface area contributed by atoms with Gasteiger partial charge in [-0.3, -0.25) is 4.79 Å². The number of thiophene rings is 1. The van der Waals surface area contributed by atoms with E-state index >= 15 is 0 Å². The van der Waals surface area contributed by atoms with Gasteiger partial charge in [-0.05, 0) is 25.0 Å². The number of carbonyl (C=O) groups is 2. The Balaban J connectivity index is 0.000000454. The number of nitrogens with zero attached hydrogens (tertiary/aromatic N) is 2. The predicted molar refractivity (Wildman–Crippen MR) is 125 cm³/mol. The van der Waals surface area contributed by atoms with E-state index in [4.69, 9.17) is 27.2 Å². The first-order valence-electron chi connectivity index (χ1n) is 10.3. The van der Waals surface area contributed by atoms with Crippen molar-refractivity contribution in [2.45, 2.75) is 43.4 Å². The highest BCUT2D eigenvalue weighted by molar-refractivity contribution is 7.17. The second kappa shape index (κ2) is 10.9. The predicted octanol–water partition coefficient (Wildman–Crippen LogP) is 5.16. The van der Waals surface area contributed by atoms with Crippen molar-refractivity contribution in [2.24, 2.45) is 5.73 Å². The number of nitrogens with one attached hydrogen (secondary N) is 2. The van der Waals surface area contributed by atoms with E-state index in [1.807, 2.05) is 0 Å². The molecule has 1 saturated carbocycles. The fourth-order valence-electron chi connectivity index (χ4n) is 3.34. The lowest BCUT2D eigenvalue weighted by atomic mass is 9.87. The van der Waals surface area contributed by atoms with Gasteiger partial charge in [0.05, 0.1) is 28.5 Å². The van der Waals surface area contributed by atoms with Crippen LogP contribution in [0.4, 0.5) is 33.5 Å². The molecule has 0 radical (unpaired) electrons. The van der Waals surface area contributed by atoms with Crippen LogP contribution in [-0.4, -0.2) is 51.1 Å². The highest BCUT2D eigenvalue weighted by Gasteiger charge is 2.44. The van der Waals surface area contributed by atoms with Gasteiger partial charge in [0, 0.05) is 17.8 Å². The number of anilines is 2. The summed E-state index contributed by atoms with van der Waals surface area (Å²) in [6.07, 6.45) is -2.94. The van der Waals surface area contributed by atoms with E-state index < -0.39 is 30.2 Å². The number of hydrogen-bond donors (Lipinski definition) is 4. The maximum Gasteiger partial charge on any atom is 0.490 e. The van der Waals surface area contributed by atoms with Crippen molar-refractivity contribution in [3.8, 4) is 0 Å². The van der Waals surface area contributed by atoms with Crippen molar-refractivity contribution in [2.75, 3.05) is 10.6 Å². The molecule has 0 spiro atoms. The number of benzene rings is 1. The van der Waals surface area contributed by atoms with E-state index in [9.17, 15) is 26.7 Å². The molecule has 0 aliphatic heterocycles. The number of para-hydroxylation sites is 1. The van der Waals surface area contributed by atoms with Gasteiger partial charge < -0.3 is 21.5 Å². The summed E-state index contributed by atoms with van der Waals surface area (Å²) in [5.74, 6) is -5.75. The minimum Gasteiger partial charge on any atom is -0.475 e. The second-order valence-electron chi connectivity index (χ2n) is 7.73. The number of hydrogen-bond acceptors (Lipinski definition) is 7. The van der Waals surface area contributed by atoms with Crippen molar-refractivity contribution in [3.63, 3.8) is 0 Å². The van der Waals surface area contributed by atoms with Crippen LogP contribution in [0, 0.1) is 0 Å². The van der Waals surface area contributed by atoms with E-state index in [-0.39, 0.29) is 12.3 Å². The zero-order chi connectivity index (χ0) is 26.7. The Labute approximate surface area is 209 Å². The summed E-state index contributed by atoms with van der Waals surface area (Å²) in [6.45, 7) is 0. The average molecular weight is 552 g/mol. The lowest BCUT2D eigenvalue weighted by Gasteiger charge is -2.36. The van der Waals surface area contributed by atoms with Gasteiger partial charge >= 0.3 is 12.1 Å². The molecule has 36 heavy (non-hydrogen) atoms. The summed E-state index contributed by atoms with van der Waals surface area (Å²) in [6, 6.07) is 4.97. The summed E-state index contributed by atoms with van der Waals surface area (Å²) in [4.78, 5) is 30.9. The molecule has 1 aliphatic rings. The molecule has 0 saturated heterocycles. The third-order valence-electron chi connectivity index (χ3n) is 5.17. The number of carboxylic acids is 1. The molecular formula is C21H19ClF5N5O3S. The smallest absolute Gasteiger partial charge is 0.475 e. The molecule has 2 atom stereocenters. The largest absolute Gasteiger partial charge is 0.490 e. The summed E-state index contributed by atoms with van der Waals surface area (Å²) in [5.41, 5.74) is 6.95. The van der Waals surface area contributed by atoms with Gasteiger partial charge in [-0.25, -0.2) is 23.5 Å². The number of aliphatic carboxylic acids is 1. The first kappa shape index (κ1) is 27.5. The number of rotatable bonds is 4. The van der Waals surface area contributed by atoms with Crippen LogP contribution in [0.15, 0.2) is 35.8 Å². The van der Waals surface area contributed by atoms with Crippen LogP contribution in [0.25, 0.3) is 10.3 Å². The SMILES string of the molecule is N[C@@H]1[C@H](Nc2cnc3scc(C(=O)Nc4ccccc4Cl)c3n2)CCCC1(F)F.O=C(O)C(F)(F)F. The van der Waals surface area contributed by atoms with Crippen LogP contribution in [0.5, 0.6) is 0 Å². The summed E-state index contributed by atoms with van der Waals surface area (Å²) < 4.78 is 59.5. The lowest BCUT2D eigenvalue weighted by molar-refractivity contribution is -0.192. The van der Waals surface area contributed by atoms with Gasteiger partial charge in [-0.1, -0.05) is 23.7 Å². The average Bonchev–Trinajstić information content (AvgIpc) is 3.22. The van der Waals surface area contributed by atoms with Crippen molar-refractivity contribution < 1.29 is 36.6 Å². The van der Waals surface area contributed by atoms with Crippen molar-refractivity contribution >= 4 is 56.7 Å². The van der Waals surface area contributed by atoms with E-state index in [0.29, 0.717) is 45.3 Å². The molecule has 194 valence electrons. The molecule has 3 aromatic rings. The summed E-state index contributed by atoms with van der Waals surface area (Å²) >= 11 is 7.37. The summed E-state index contributed by atoms with van der Waals surface area (Å²) in [7, 11) is 0. The maximum atomic E-state index is 13.9. The number of halogens is 6. The number of carboxylic acid groups (broad SMARTS) is 1. The first-order valence-corrected chi connectivity index (χ1v) is 11.6. The molecule has 1 aromatic carbocycles. The minimum absolute atomic E-state index is 0.214. The monoisotopic (exact) mass is 551 g/mol. The molecule has 2 aromatic heterocycles. The van der Waals surface area contributed by atoms with Crippen LogP contribution >= 0.6 is 22.9 Å². The van der Waals surface area contributed by atoms with Crippen LogP contribution < -0.4 is 16.4 Å². The molecule has 4 rings (SSSR count). The number of aromatic nitrogens is 2. The second-order valence-corrected chi connectivity index (χ2v) is 8.99. The Bertz CT molecular complexity index is 1260. The number of fused-ring (bicyclic) bond motifs is 1. The standard InChI is InChI=1S/C19H18ClF2N5OS.C2HF3O2/c20-11-4-1-2-5-12(11)26-17(28)10-9-29-18-15(10)27-14(8-24-18)25-13-6-3-7-19(21,22)16(13)23;3-2(4,5)1(6)7/h1-2,4-5,8-9,13,16H,3,6-7,23H2,(H,25,27)(H,26,28);(H,6,7)/t13-,16-;/m1./s1. The van der Waals surface area contributed by atoms with Gasteiger partial charge in [0.1, 0.15) is 16.2 Å². The number of amides is 1. The van der Waals surface area contributed by atoms with Crippen LogP contribution in [-0.2, 0) is 4.79 Å². The summed E-state index contributed by atoms with van der Waals surface area (Å²) in [5, 5.41) is 14.9. The Morgan fingerprint density at radius 3 is 2.56 bits per heavy atom. The van der Waals surface area contributed by atoms with E-state index in [2.05, 4.69) is 20.6 Å². The van der Waals surface area contributed by atoms with Gasteiger partial charge in [0.2, 0.25) is 0 Å². The fraction of sp³-hybridized carbons (Fsp3) is 0.333. The van der Waals surface area contributed by atoms with Crippen molar-refractivity contribution in [3.05, 3.63) is 46.4 Å². The Hall–Kier alpha value is -3.10. The van der Waals surface area contributed by atoms with Crippen LogP contribution in [0.2, 0.25) is 5.02 Å². The normalized spacial score (nSPS) is 19.2. The topological polar surface area (TPSA) is 130 Å². The molecule has 0 unspecified atom stereocenters. The number of alkyl halides is 5. The quantitative estimate of drug-likeness (QED) is 0.330. The molecule has 1 fully saturated rings. The molecular weight excluding hydrogens is 533 g/mol. The van der Waals surface area contributed by atoms with Crippen LogP contribution in [0.1, 0.15) is 29.6 Å². The van der Waals surface area contributed by atoms with Crippen molar-refractivity contribution in [1.29, 1.82) is 0 Å². The Kier molecular flexibility index (Phi) is 8.31. The van der Waals surface area contributed by atoms with Gasteiger partial charge in [-0.2, -0.15) is 13.2 Å². The lowest BCUT2D eigenvalue weighted by Crippen LogP contribution is -2.55. The molecule has 1 amide bonds. The Morgan fingerprint density at radius 1 is 1.25 bits per heavy atom. The molecule has 2 heterocycles. The minimum atomic E-state index is -5.08. The first-order chi connectivity index (χ1) is 16.8. The maximum absolute atomic E-state index is 13.9. The molecule has 0 bridgehead atoms. The molecule has 1 aliphatic carbocycles. The third-order valence-corrected chi connectivity index (χ3v) is 6.38. The molecule has 5 N–H and O–H groups in total. The van der Waals surface area contributed by atoms with Gasteiger partial charge in [-0.15, -0.1) is 11.3 Å². The Morgan fingerprint density at radius 2 is 1.92 bits per heavy atom. The van der Waals surface area contributed by atoms with Gasteiger partial charge in [0.25, 0.3) is 11.8 Å². The highest BCUT2D eigenvalue weighted by atomic mass is 35.5. The zero-order valence-electron chi connectivity index (χ0n) is 18.2. The highest BCUT2D eigenvalue weighted by Crippen LogP contribution is 2.34. The zero-order valence-corrected chi connectivity index (χ0v) is 19.7. The number of nitrogens with two attached hydrogens (primary N) is 1. The third kappa shape index (κ3) is 6.56. The van der Waals surface area contributed by atoms with Crippen molar-refractivity contribution in [1.82, 2.24) is 9.97 Å². The molecule has 8 nitrogen and oxygen atoms in total. The van der Waals surface area contributed by atoms with E-state index in [0.717, 1.165) is 0 Å².